The third kappa shape index (κ3) is 5.46. The Morgan fingerprint density at radius 1 is 1.29 bits per heavy atom. The number of hydrogen-bond acceptors (Lipinski definition) is 2. The first-order valence-corrected chi connectivity index (χ1v) is 7.48. The average Bonchev–Trinajstić information content (AvgIpc) is 2.44. The average molecular weight is 294 g/mol. The van der Waals surface area contributed by atoms with Crippen LogP contribution in [0.1, 0.15) is 51.6 Å². The summed E-state index contributed by atoms with van der Waals surface area (Å²) in [4.78, 5) is 14.0. The molecular weight excluding hydrogens is 267 g/mol. The van der Waals surface area contributed by atoms with Gasteiger partial charge in [-0.05, 0) is 49.4 Å². The molecule has 3 nitrogen and oxygen atoms in total. The van der Waals surface area contributed by atoms with Crippen molar-refractivity contribution in [1.82, 2.24) is 4.90 Å². The highest BCUT2D eigenvalue weighted by molar-refractivity contribution is 5.76. The van der Waals surface area contributed by atoms with Crippen LogP contribution in [0.3, 0.4) is 0 Å². The van der Waals surface area contributed by atoms with Gasteiger partial charge in [-0.1, -0.05) is 26.0 Å². The molecule has 21 heavy (non-hydrogen) atoms. The molecule has 1 rings (SSSR count). The van der Waals surface area contributed by atoms with Gasteiger partial charge in [-0.15, -0.1) is 0 Å². The lowest BCUT2D eigenvalue weighted by molar-refractivity contribution is -0.132. The molecule has 1 aromatic carbocycles. The van der Waals surface area contributed by atoms with Crippen molar-refractivity contribution in [2.75, 3.05) is 13.6 Å². The minimum atomic E-state index is -0.261. The molecule has 0 heterocycles. The number of benzene rings is 1. The number of amides is 1. The number of hydrogen-bond donors (Lipinski definition) is 1. The highest BCUT2D eigenvalue weighted by Gasteiger charge is 2.22. The Morgan fingerprint density at radius 3 is 2.38 bits per heavy atom. The molecule has 0 fully saturated rings. The number of nitrogens with zero attached hydrogens (tertiary/aromatic N) is 1. The van der Waals surface area contributed by atoms with E-state index in [1.807, 2.05) is 6.92 Å². The summed E-state index contributed by atoms with van der Waals surface area (Å²) in [5.41, 5.74) is 6.62. The van der Waals surface area contributed by atoms with Crippen LogP contribution < -0.4 is 5.73 Å². The first-order chi connectivity index (χ1) is 9.76. The number of carbonyl (C=O) groups is 1. The lowest BCUT2D eigenvalue weighted by Gasteiger charge is -2.28. The van der Waals surface area contributed by atoms with E-state index in [-0.39, 0.29) is 23.2 Å². The zero-order valence-electron chi connectivity index (χ0n) is 13.5. The van der Waals surface area contributed by atoms with Crippen LogP contribution in [0.25, 0.3) is 0 Å². The van der Waals surface area contributed by atoms with Crippen molar-refractivity contribution in [1.29, 1.82) is 0 Å². The van der Waals surface area contributed by atoms with Crippen molar-refractivity contribution < 1.29 is 9.18 Å². The maximum absolute atomic E-state index is 12.9. The highest BCUT2D eigenvalue weighted by atomic mass is 19.1. The van der Waals surface area contributed by atoms with E-state index in [2.05, 4.69) is 13.8 Å². The molecule has 2 N–H and O–H groups in total. The van der Waals surface area contributed by atoms with Crippen molar-refractivity contribution in [3.8, 4) is 0 Å². The van der Waals surface area contributed by atoms with Gasteiger partial charge in [0.05, 0.1) is 6.04 Å². The van der Waals surface area contributed by atoms with Gasteiger partial charge in [0.1, 0.15) is 5.82 Å². The van der Waals surface area contributed by atoms with Gasteiger partial charge in [0, 0.05) is 13.5 Å². The van der Waals surface area contributed by atoms with Crippen molar-refractivity contribution in [3.63, 3.8) is 0 Å². The second-order valence-corrected chi connectivity index (χ2v) is 6.44. The maximum atomic E-state index is 12.9. The van der Waals surface area contributed by atoms with Crippen molar-refractivity contribution >= 4 is 5.91 Å². The summed E-state index contributed by atoms with van der Waals surface area (Å²) in [5, 5.41) is 0. The van der Waals surface area contributed by atoms with Crippen LogP contribution in [0, 0.1) is 11.2 Å². The van der Waals surface area contributed by atoms with Gasteiger partial charge in [0.25, 0.3) is 0 Å². The number of nitrogens with two attached hydrogens (primary N) is 1. The zero-order chi connectivity index (χ0) is 16.0. The van der Waals surface area contributed by atoms with Crippen LogP contribution in [-0.4, -0.2) is 24.4 Å². The molecule has 1 amide bonds. The minimum Gasteiger partial charge on any atom is -0.339 e. The predicted molar refractivity (Wildman–Crippen MR) is 84.3 cm³/mol. The molecule has 0 saturated heterocycles. The van der Waals surface area contributed by atoms with Gasteiger partial charge < -0.3 is 10.6 Å². The molecule has 1 aromatic rings. The van der Waals surface area contributed by atoms with Crippen LogP contribution in [0.5, 0.6) is 0 Å². The van der Waals surface area contributed by atoms with Crippen LogP contribution in [0.2, 0.25) is 0 Å². The normalized spacial score (nSPS) is 13.0. The smallest absolute Gasteiger partial charge is 0.222 e. The zero-order valence-corrected chi connectivity index (χ0v) is 13.5. The predicted octanol–water partition coefficient (Wildman–Crippen LogP) is 3.50. The number of carbonyl (C=O) groups excluding carboxylic acids is 1. The van der Waals surface area contributed by atoms with E-state index >= 15 is 0 Å². The van der Waals surface area contributed by atoms with E-state index in [9.17, 15) is 9.18 Å². The molecule has 0 bridgehead atoms. The summed E-state index contributed by atoms with van der Waals surface area (Å²) in [6.07, 6.45) is 2.25. The monoisotopic (exact) mass is 294 g/mol. The van der Waals surface area contributed by atoms with E-state index in [0.717, 1.165) is 18.4 Å². The Labute approximate surface area is 127 Å². The van der Waals surface area contributed by atoms with E-state index in [4.69, 9.17) is 5.73 Å². The van der Waals surface area contributed by atoms with Gasteiger partial charge in [-0.25, -0.2) is 4.39 Å². The molecule has 0 aliphatic rings. The SMILES string of the molecule is CC(c1ccc(F)cc1)N(C)C(=O)CCC(C)(C)CCN. The van der Waals surface area contributed by atoms with Crippen molar-refractivity contribution in [2.45, 2.75) is 46.1 Å². The van der Waals surface area contributed by atoms with E-state index in [1.54, 1.807) is 24.1 Å². The molecule has 0 aliphatic heterocycles. The standard InChI is InChI=1S/C17H27FN2O/c1-13(14-5-7-15(18)8-6-14)20(4)16(21)9-10-17(2,3)11-12-19/h5-8,13H,9-12,19H2,1-4H3. The van der Waals surface area contributed by atoms with E-state index in [1.165, 1.54) is 12.1 Å². The Kier molecular flexibility index (Phi) is 6.34. The Balaban J connectivity index is 2.59. The largest absolute Gasteiger partial charge is 0.339 e. The molecule has 4 heteroatoms. The summed E-state index contributed by atoms with van der Waals surface area (Å²) in [5.74, 6) is -0.152. The first-order valence-electron chi connectivity index (χ1n) is 7.48. The lowest BCUT2D eigenvalue weighted by atomic mass is 9.84. The Hall–Kier alpha value is -1.42. The molecule has 1 atom stereocenters. The van der Waals surface area contributed by atoms with E-state index in [0.29, 0.717) is 13.0 Å². The summed E-state index contributed by atoms with van der Waals surface area (Å²) >= 11 is 0. The molecule has 1 unspecified atom stereocenters. The third-order valence-electron chi connectivity index (χ3n) is 4.16. The lowest BCUT2D eigenvalue weighted by Crippen LogP contribution is -2.30. The van der Waals surface area contributed by atoms with Crippen molar-refractivity contribution in [2.24, 2.45) is 11.1 Å². The minimum absolute atomic E-state index is 0.0595. The fourth-order valence-corrected chi connectivity index (χ4v) is 2.32. The van der Waals surface area contributed by atoms with Gasteiger partial charge in [0.15, 0.2) is 0 Å². The van der Waals surface area contributed by atoms with E-state index < -0.39 is 0 Å². The summed E-state index contributed by atoms with van der Waals surface area (Å²) in [6.45, 7) is 6.87. The maximum Gasteiger partial charge on any atom is 0.222 e. The number of rotatable bonds is 7. The molecule has 0 aliphatic carbocycles. The summed E-state index contributed by atoms with van der Waals surface area (Å²) in [7, 11) is 1.80. The topological polar surface area (TPSA) is 46.3 Å². The quantitative estimate of drug-likeness (QED) is 0.836. The third-order valence-corrected chi connectivity index (χ3v) is 4.16. The summed E-state index contributed by atoms with van der Waals surface area (Å²) in [6, 6.07) is 6.24. The van der Waals surface area contributed by atoms with Gasteiger partial charge >= 0.3 is 0 Å². The number of halogens is 1. The van der Waals surface area contributed by atoms with Crippen molar-refractivity contribution in [3.05, 3.63) is 35.6 Å². The molecule has 118 valence electrons. The molecular formula is C17H27FN2O. The van der Waals surface area contributed by atoms with Gasteiger partial charge in [0.2, 0.25) is 5.91 Å². The second-order valence-electron chi connectivity index (χ2n) is 6.44. The summed E-state index contributed by atoms with van der Waals surface area (Å²) < 4.78 is 12.9. The van der Waals surface area contributed by atoms with Gasteiger partial charge in [-0.3, -0.25) is 4.79 Å². The molecule has 0 aromatic heterocycles. The van der Waals surface area contributed by atoms with Gasteiger partial charge in [-0.2, -0.15) is 0 Å². The first kappa shape index (κ1) is 17.6. The fraction of sp³-hybridized carbons (Fsp3) is 0.588. The van der Waals surface area contributed by atoms with Crippen LogP contribution in [-0.2, 0) is 4.79 Å². The Bertz CT molecular complexity index is 456. The second kappa shape index (κ2) is 7.55. The molecule has 0 spiro atoms. The van der Waals surface area contributed by atoms with Crippen LogP contribution >= 0.6 is 0 Å². The fourth-order valence-electron chi connectivity index (χ4n) is 2.32. The Morgan fingerprint density at radius 2 is 1.86 bits per heavy atom. The van der Waals surface area contributed by atoms with Crippen LogP contribution in [0.4, 0.5) is 4.39 Å². The highest BCUT2D eigenvalue weighted by Crippen LogP contribution is 2.27. The molecule has 0 radical (unpaired) electrons. The van der Waals surface area contributed by atoms with Crippen LogP contribution in [0.15, 0.2) is 24.3 Å². The molecule has 0 saturated carbocycles.